The zero-order valence-corrected chi connectivity index (χ0v) is 15.7. The summed E-state index contributed by atoms with van der Waals surface area (Å²) in [7, 11) is 0. The van der Waals surface area contributed by atoms with Crippen LogP contribution in [0, 0.1) is 5.92 Å². The second-order valence-corrected chi connectivity index (χ2v) is 7.29. The maximum atomic E-state index is 11.3. The maximum absolute atomic E-state index is 11.3. The molecule has 0 radical (unpaired) electrons. The van der Waals surface area contributed by atoms with Gasteiger partial charge in [0.2, 0.25) is 0 Å². The summed E-state index contributed by atoms with van der Waals surface area (Å²) in [6.07, 6.45) is 0. The van der Waals surface area contributed by atoms with Crippen LogP contribution >= 0.6 is 11.6 Å². The van der Waals surface area contributed by atoms with E-state index in [4.69, 9.17) is 16.0 Å². The molecule has 1 N–H and O–H groups in total. The first-order chi connectivity index (χ1) is 12.9. The van der Waals surface area contributed by atoms with E-state index >= 15 is 0 Å². The number of benzene rings is 2. The summed E-state index contributed by atoms with van der Waals surface area (Å²) in [4.78, 5) is 15.9. The smallest absolute Gasteiger partial charge is 0.306 e. The van der Waals surface area contributed by atoms with Crippen molar-refractivity contribution in [2.24, 2.45) is 5.92 Å². The van der Waals surface area contributed by atoms with Gasteiger partial charge in [-0.05, 0) is 47.9 Å². The Balaban J connectivity index is 1.74. The molecule has 136 valence electrons. The Morgan fingerprint density at radius 2 is 1.81 bits per heavy atom. The van der Waals surface area contributed by atoms with Crippen LogP contribution in [-0.2, 0) is 4.79 Å². The van der Waals surface area contributed by atoms with Gasteiger partial charge in [-0.1, -0.05) is 43.6 Å². The van der Waals surface area contributed by atoms with E-state index in [0.717, 1.165) is 33.1 Å². The Morgan fingerprint density at radius 1 is 1.04 bits per heavy atom. The molecule has 2 unspecified atom stereocenters. The van der Waals surface area contributed by atoms with Crippen molar-refractivity contribution >= 4 is 39.4 Å². The zero-order chi connectivity index (χ0) is 19.1. The van der Waals surface area contributed by atoms with E-state index in [1.54, 1.807) is 6.92 Å². The highest BCUT2D eigenvalue weighted by Crippen LogP contribution is 2.32. The lowest BCUT2D eigenvalue weighted by atomic mass is 9.88. The van der Waals surface area contributed by atoms with Crippen molar-refractivity contribution in [3.8, 4) is 11.5 Å². The molecule has 2 heterocycles. The third-order valence-electron chi connectivity index (χ3n) is 5.11. The van der Waals surface area contributed by atoms with Crippen molar-refractivity contribution in [2.75, 3.05) is 0 Å². The van der Waals surface area contributed by atoms with Gasteiger partial charge < -0.3 is 9.52 Å². The molecule has 2 aromatic heterocycles. The number of nitrogens with zero attached hydrogens (tertiary/aromatic N) is 1. The zero-order valence-electron chi connectivity index (χ0n) is 14.9. The molecule has 2 atom stereocenters. The summed E-state index contributed by atoms with van der Waals surface area (Å²) in [5.74, 6) is -0.677. The first kappa shape index (κ1) is 17.6. The second-order valence-electron chi connectivity index (χ2n) is 6.86. The number of furan rings is 1. The summed E-state index contributed by atoms with van der Waals surface area (Å²) < 4.78 is 5.96. The van der Waals surface area contributed by atoms with E-state index in [0.29, 0.717) is 10.8 Å². The van der Waals surface area contributed by atoms with Crippen LogP contribution < -0.4 is 0 Å². The number of carboxylic acids is 1. The fourth-order valence-electron chi connectivity index (χ4n) is 3.20. The standard InChI is InChI=1S/C22H18ClNO3/c1-12(13(2)22(25)26)15-5-8-20-16(9-15)10-21(27-20)18-7-4-14-3-6-17(23)11-19(14)24-18/h3-13H,1-2H3,(H,25,26). The van der Waals surface area contributed by atoms with Crippen LogP contribution in [0.4, 0.5) is 0 Å². The molecule has 4 rings (SSSR count). The van der Waals surface area contributed by atoms with Gasteiger partial charge in [0.1, 0.15) is 11.3 Å². The van der Waals surface area contributed by atoms with Crippen LogP contribution in [-0.4, -0.2) is 16.1 Å². The number of carboxylic acid groups (broad SMARTS) is 1. The van der Waals surface area contributed by atoms with Gasteiger partial charge in [0.15, 0.2) is 5.76 Å². The molecule has 27 heavy (non-hydrogen) atoms. The Kier molecular flexibility index (Phi) is 4.36. The molecular formula is C22H18ClNO3. The number of rotatable bonds is 4. The van der Waals surface area contributed by atoms with Crippen LogP contribution in [0.3, 0.4) is 0 Å². The second kappa shape index (κ2) is 6.71. The highest BCUT2D eigenvalue weighted by atomic mass is 35.5. The molecule has 0 aliphatic heterocycles. The highest BCUT2D eigenvalue weighted by molar-refractivity contribution is 6.31. The minimum absolute atomic E-state index is 0.0915. The van der Waals surface area contributed by atoms with Gasteiger partial charge in [-0.3, -0.25) is 4.79 Å². The number of fused-ring (bicyclic) bond motifs is 2. The third-order valence-corrected chi connectivity index (χ3v) is 5.35. The lowest BCUT2D eigenvalue weighted by Gasteiger charge is -2.16. The van der Waals surface area contributed by atoms with Crippen LogP contribution in [0.2, 0.25) is 5.02 Å². The molecule has 0 aliphatic carbocycles. The first-order valence-electron chi connectivity index (χ1n) is 8.75. The molecule has 0 saturated heterocycles. The van der Waals surface area contributed by atoms with E-state index in [1.807, 2.05) is 61.5 Å². The fourth-order valence-corrected chi connectivity index (χ4v) is 3.37. The summed E-state index contributed by atoms with van der Waals surface area (Å²) >= 11 is 6.07. The van der Waals surface area contributed by atoms with Crippen LogP contribution in [0.25, 0.3) is 33.3 Å². The van der Waals surface area contributed by atoms with Crippen molar-refractivity contribution < 1.29 is 14.3 Å². The predicted octanol–water partition coefficient (Wildman–Crippen LogP) is 6.13. The SMILES string of the molecule is CC(C(=O)O)C(C)c1ccc2oc(-c3ccc4ccc(Cl)cc4n3)cc2c1. The van der Waals surface area contributed by atoms with Crippen LogP contribution in [0.1, 0.15) is 25.3 Å². The average molecular weight is 380 g/mol. The third kappa shape index (κ3) is 3.28. The van der Waals surface area contributed by atoms with Crippen LogP contribution in [0.15, 0.2) is 59.0 Å². The number of hydrogen-bond donors (Lipinski definition) is 1. The molecule has 0 fully saturated rings. The van der Waals surface area contributed by atoms with Gasteiger partial charge in [0.05, 0.1) is 11.4 Å². The average Bonchev–Trinajstić information content (AvgIpc) is 3.09. The predicted molar refractivity (Wildman–Crippen MR) is 107 cm³/mol. The number of halogens is 1. The first-order valence-corrected chi connectivity index (χ1v) is 9.13. The van der Waals surface area contributed by atoms with Gasteiger partial charge in [-0.25, -0.2) is 4.98 Å². The Hall–Kier alpha value is -2.85. The van der Waals surface area contributed by atoms with Crippen molar-refractivity contribution in [3.63, 3.8) is 0 Å². The van der Waals surface area contributed by atoms with Gasteiger partial charge in [-0.2, -0.15) is 0 Å². The van der Waals surface area contributed by atoms with Crippen molar-refractivity contribution in [1.82, 2.24) is 4.98 Å². The molecule has 0 spiro atoms. The van der Waals surface area contributed by atoms with Crippen LogP contribution in [0.5, 0.6) is 0 Å². The van der Waals surface area contributed by atoms with Crippen molar-refractivity contribution in [2.45, 2.75) is 19.8 Å². The lowest BCUT2D eigenvalue weighted by Crippen LogP contribution is -2.16. The van der Waals surface area contributed by atoms with Gasteiger partial charge in [0, 0.05) is 15.8 Å². The largest absolute Gasteiger partial charge is 0.481 e. The Labute approximate surface area is 161 Å². The molecule has 0 aliphatic rings. The molecule has 0 bridgehead atoms. The number of carbonyl (C=O) groups is 1. The normalized spacial score (nSPS) is 13.7. The number of pyridine rings is 1. The maximum Gasteiger partial charge on any atom is 0.306 e. The Morgan fingerprint density at radius 3 is 2.59 bits per heavy atom. The van der Waals surface area contributed by atoms with Gasteiger partial charge in [-0.15, -0.1) is 0 Å². The van der Waals surface area contributed by atoms with E-state index in [1.165, 1.54) is 0 Å². The summed E-state index contributed by atoms with van der Waals surface area (Å²) in [6.45, 7) is 3.65. The Bertz CT molecular complexity index is 1160. The summed E-state index contributed by atoms with van der Waals surface area (Å²) in [6, 6.07) is 17.3. The summed E-state index contributed by atoms with van der Waals surface area (Å²) in [5, 5.41) is 11.8. The monoisotopic (exact) mass is 379 g/mol. The minimum atomic E-state index is -0.797. The molecular weight excluding hydrogens is 362 g/mol. The summed E-state index contributed by atoms with van der Waals surface area (Å²) in [5.41, 5.74) is 3.26. The molecule has 0 saturated carbocycles. The van der Waals surface area contributed by atoms with Gasteiger partial charge in [0.25, 0.3) is 0 Å². The molecule has 4 aromatic rings. The highest BCUT2D eigenvalue weighted by Gasteiger charge is 2.21. The van der Waals surface area contributed by atoms with Crippen molar-refractivity contribution in [3.05, 3.63) is 65.2 Å². The quantitative estimate of drug-likeness (QED) is 0.463. The molecule has 2 aromatic carbocycles. The molecule has 5 heteroatoms. The van der Waals surface area contributed by atoms with Gasteiger partial charge >= 0.3 is 5.97 Å². The van der Waals surface area contributed by atoms with E-state index < -0.39 is 11.9 Å². The van der Waals surface area contributed by atoms with E-state index in [-0.39, 0.29) is 5.92 Å². The van der Waals surface area contributed by atoms with E-state index in [9.17, 15) is 9.90 Å². The van der Waals surface area contributed by atoms with E-state index in [2.05, 4.69) is 4.98 Å². The number of aromatic nitrogens is 1. The van der Waals surface area contributed by atoms with Crippen molar-refractivity contribution in [1.29, 1.82) is 0 Å². The minimum Gasteiger partial charge on any atom is -0.481 e. The lowest BCUT2D eigenvalue weighted by molar-refractivity contribution is -0.141. The number of hydrogen-bond acceptors (Lipinski definition) is 3. The number of aliphatic carboxylic acids is 1. The topological polar surface area (TPSA) is 63.3 Å². The fraction of sp³-hybridized carbons (Fsp3) is 0.182. The molecule has 0 amide bonds. The molecule has 4 nitrogen and oxygen atoms in total.